The van der Waals surface area contributed by atoms with E-state index in [0.29, 0.717) is 5.92 Å². The lowest BCUT2D eigenvalue weighted by molar-refractivity contribution is 0.130. The molecule has 1 nitrogen and oxygen atoms in total. The Morgan fingerprint density at radius 3 is 2.92 bits per heavy atom. The lowest BCUT2D eigenvalue weighted by Gasteiger charge is -2.32. The molecule has 2 aliphatic rings. The second-order valence-electron chi connectivity index (χ2n) is 4.53. The van der Waals surface area contributed by atoms with Crippen molar-refractivity contribution >= 4 is 0 Å². The third-order valence-corrected chi connectivity index (χ3v) is 3.60. The lowest BCUT2D eigenvalue weighted by atomic mass is 9.74. The van der Waals surface area contributed by atoms with Crippen LogP contribution in [0.1, 0.15) is 45.4 Å². The van der Waals surface area contributed by atoms with E-state index in [-0.39, 0.29) is 6.10 Å². The standard InChI is InChI=1S/C12H20O/c1-2-3-4-5-9-8-10-6-7-11(13)12(9)10/h8,10-13H,2-7H2,1H3. The van der Waals surface area contributed by atoms with Gasteiger partial charge in [0.1, 0.15) is 0 Å². The van der Waals surface area contributed by atoms with Crippen LogP contribution < -0.4 is 0 Å². The van der Waals surface area contributed by atoms with Crippen molar-refractivity contribution in [2.24, 2.45) is 11.8 Å². The molecule has 0 aromatic rings. The second kappa shape index (κ2) is 3.83. The zero-order valence-corrected chi connectivity index (χ0v) is 8.50. The Morgan fingerprint density at radius 1 is 1.38 bits per heavy atom. The minimum Gasteiger partial charge on any atom is -0.392 e. The Balaban J connectivity index is 1.79. The number of fused-ring (bicyclic) bond motifs is 1. The van der Waals surface area contributed by atoms with Crippen LogP contribution in [0, 0.1) is 11.8 Å². The number of allylic oxidation sites excluding steroid dienone is 1. The molecule has 0 bridgehead atoms. The second-order valence-corrected chi connectivity index (χ2v) is 4.53. The highest BCUT2D eigenvalue weighted by Gasteiger charge is 2.41. The van der Waals surface area contributed by atoms with Crippen LogP contribution in [-0.2, 0) is 0 Å². The fourth-order valence-electron chi connectivity index (χ4n) is 2.81. The quantitative estimate of drug-likeness (QED) is 0.521. The van der Waals surface area contributed by atoms with Gasteiger partial charge in [-0.05, 0) is 31.6 Å². The first-order valence-electron chi connectivity index (χ1n) is 5.71. The first-order valence-corrected chi connectivity index (χ1v) is 5.71. The minimum atomic E-state index is -0.00775. The molecule has 0 heterocycles. The van der Waals surface area contributed by atoms with E-state index in [4.69, 9.17) is 0 Å². The first-order chi connectivity index (χ1) is 6.33. The average Bonchev–Trinajstić information content (AvgIpc) is 2.35. The molecule has 0 radical (unpaired) electrons. The van der Waals surface area contributed by atoms with Crippen molar-refractivity contribution in [3.05, 3.63) is 11.6 Å². The maximum atomic E-state index is 9.71. The fourth-order valence-corrected chi connectivity index (χ4v) is 2.81. The van der Waals surface area contributed by atoms with Gasteiger partial charge in [0.15, 0.2) is 0 Å². The summed E-state index contributed by atoms with van der Waals surface area (Å²) in [6, 6.07) is 0. The lowest BCUT2D eigenvalue weighted by Crippen LogP contribution is -2.27. The number of aliphatic hydroxyl groups excluding tert-OH is 1. The van der Waals surface area contributed by atoms with Crippen LogP contribution >= 0.6 is 0 Å². The number of hydrogen-bond donors (Lipinski definition) is 1. The monoisotopic (exact) mass is 180 g/mol. The summed E-state index contributed by atoms with van der Waals surface area (Å²) in [5.74, 6) is 1.31. The molecule has 0 aromatic heterocycles. The van der Waals surface area contributed by atoms with Crippen LogP contribution in [0.15, 0.2) is 11.6 Å². The maximum Gasteiger partial charge on any atom is 0.0611 e. The number of aliphatic hydroxyl groups is 1. The zero-order chi connectivity index (χ0) is 9.26. The predicted octanol–water partition coefficient (Wildman–Crippen LogP) is 2.89. The van der Waals surface area contributed by atoms with Gasteiger partial charge in [0.2, 0.25) is 0 Å². The van der Waals surface area contributed by atoms with Crippen LogP contribution in [0.4, 0.5) is 0 Å². The molecule has 2 aliphatic carbocycles. The highest BCUT2D eigenvalue weighted by molar-refractivity contribution is 5.26. The average molecular weight is 180 g/mol. The molecule has 1 N–H and O–H groups in total. The molecule has 3 unspecified atom stereocenters. The van der Waals surface area contributed by atoms with Gasteiger partial charge < -0.3 is 5.11 Å². The van der Waals surface area contributed by atoms with E-state index < -0.39 is 0 Å². The molecule has 0 saturated heterocycles. The first kappa shape index (κ1) is 9.26. The molecule has 1 saturated carbocycles. The van der Waals surface area contributed by atoms with E-state index in [1.165, 1.54) is 32.1 Å². The van der Waals surface area contributed by atoms with Gasteiger partial charge in [-0.2, -0.15) is 0 Å². The van der Waals surface area contributed by atoms with E-state index >= 15 is 0 Å². The summed E-state index contributed by atoms with van der Waals surface area (Å²) in [6.45, 7) is 2.24. The molecule has 74 valence electrons. The summed E-state index contributed by atoms with van der Waals surface area (Å²) in [4.78, 5) is 0. The van der Waals surface area contributed by atoms with Gasteiger partial charge >= 0.3 is 0 Å². The molecule has 0 amide bonds. The smallest absolute Gasteiger partial charge is 0.0611 e. The van der Waals surface area contributed by atoms with E-state index in [9.17, 15) is 5.11 Å². The number of rotatable bonds is 4. The molecule has 0 aromatic carbocycles. The summed E-state index contributed by atoms with van der Waals surface area (Å²) >= 11 is 0. The van der Waals surface area contributed by atoms with Gasteiger partial charge in [0.25, 0.3) is 0 Å². The summed E-state index contributed by atoms with van der Waals surface area (Å²) in [7, 11) is 0. The molecule has 3 atom stereocenters. The Hall–Kier alpha value is -0.300. The third-order valence-electron chi connectivity index (χ3n) is 3.60. The Morgan fingerprint density at radius 2 is 2.23 bits per heavy atom. The van der Waals surface area contributed by atoms with E-state index in [1.54, 1.807) is 5.57 Å². The van der Waals surface area contributed by atoms with Crippen molar-refractivity contribution in [3.8, 4) is 0 Å². The van der Waals surface area contributed by atoms with Crippen LogP contribution in [-0.4, -0.2) is 11.2 Å². The van der Waals surface area contributed by atoms with Gasteiger partial charge in [-0.25, -0.2) is 0 Å². The van der Waals surface area contributed by atoms with Crippen molar-refractivity contribution in [1.29, 1.82) is 0 Å². The Labute approximate surface area is 80.8 Å². The van der Waals surface area contributed by atoms with Gasteiger partial charge in [-0.3, -0.25) is 0 Å². The maximum absolute atomic E-state index is 9.71. The number of unbranched alkanes of at least 4 members (excludes halogenated alkanes) is 2. The van der Waals surface area contributed by atoms with E-state index in [0.717, 1.165) is 12.3 Å². The van der Waals surface area contributed by atoms with Gasteiger partial charge in [-0.15, -0.1) is 0 Å². The molecule has 0 aliphatic heterocycles. The summed E-state index contributed by atoms with van der Waals surface area (Å²) < 4.78 is 0. The highest BCUT2D eigenvalue weighted by Crippen LogP contribution is 2.47. The summed E-state index contributed by atoms with van der Waals surface area (Å²) in [5.41, 5.74) is 1.56. The van der Waals surface area contributed by atoms with Crippen molar-refractivity contribution in [2.75, 3.05) is 0 Å². The number of hydrogen-bond acceptors (Lipinski definition) is 1. The predicted molar refractivity (Wildman–Crippen MR) is 54.4 cm³/mol. The topological polar surface area (TPSA) is 20.2 Å². The highest BCUT2D eigenvalue weighted by atomic mass is 16.3. The van der Waals surface area contributed by atoms with Crippen LogP contribution in [0.2, 0.25) is 0 Å². The molecule has 0 spiro atoms. The molecular weight excluding hydrogens is 160 g/mol. The van der Waals surface area contributed by atoms with E-state index in [2.05, 4.69) is 13.0 Å². The summed E-state index contributed by atoms with van der Waals surface area (Å²) in [5, 5.41) is 9.71. The van der Waals surface area contributed by atoms with Crippen molar-refractivity contribution in [3.63, 3.8) is 0 Å². The minimum absolute atomic E-state index is 0.00775. The van der Waals surface area contributed by atoms with Crippen molar-refractivity contribution < 1.29 is 5.11 Å². The molecule has 13 heavy (non-hydrogen) atoms. The van der Waals surface area contributed by atoms with Crippen molar-refractivity contribution in [1.82, 2.24) is 0 Å². The molecule has 2 rings (SSSR count). The molecule has 1 fully saturated rings. The SMILES string of the molecule is CCCCCC1=CC2CCC(O)C12. The fraction of sp³-hybridized carbons (Fsp3) is 0.833. The van der Waals surface area contributed by atoms with Gasteiger partial charge in [0.05, 0.1) is 6.10 Å². The Bertz CT molecular complexity index is 207. The Kier molecular flexibility index (Phi) is 2.73. The third kappa shape index (κ3) is 1.67. The zero-order valence-electron chi connectivity index (χ0n) is 8.50. The molecule has 1 heteroatoms. The van der Waals surface area contributed by atoms with Crippen molar-refractivity contribution in [2.45, 2.75) is 51.6 Å². The van der Waals surface area contributed by atoms with Gasteiger partial charge in [-0.1, -0.05) is 31.4 Å². The largest absolute Gasteiger partial charge is 0.392 e. The normalized spacial score (nSPS) is 36.8. The van der Waals surface area contributed by atoms with Crippen LogP contribution in [0.3, 0.4) is 0 Å². The van der Waals surface area contributed by atoms with Crippen LogP contribution in [0.5, 0.6) is 0 Å². The van der Waals surface area contributed by atoms with Crippen LogP contribution in [0.25, 0.3) is 0 Å². The van der Waals surface area contributed by atoms with E-state index in [1.807, 2.05) is 0 Å². The molecular formula is C12H20O. The van der Waals surface area contributed by atoms with Gasteiger partial charge in [0, 0.05) is 5.92 Å². The summed E-state index contributed by atoms with van der Waals surface area (Å²) in [6.07, 6.45) is 9.86.